The summed E-state index contributed by atoms with van der Waals surface area (Å²) >= 11 is 4.71. The van der Waals surface area contributed by atoms with E-state index < -0.39 is 0 Å². The van der Waals surface area contributed by atoms with Crippen LogP contribution in [0.5, 0.6) is 0 Å². The summed E-state index contributed by atoms with van der Waals surface area (Å²) in [4.78, 5) is 24.0. The quantitative estimate of drug-likeness (QED) is 0.341. The number of amides is 1. The lowest BCUT2D eigenvalue weighted by Gasteiger charge is -2.12. The molecular weight excluding hydrogens is 394 g/mol. The van der Waals surface area contributed by atoms with Crippen LogP contribution in [0.4, 0.5) is 0 Å². The molecule has 7 heteroatoms. The normalized spacial score (nSPS) is 12.2. The minimum absolute atomic E-state index is 0.00117. The van der Waals surface area contributed by atoms with Gasteiger partial charge in [-0.05, 0) is 35.9 Å². The first-order chi connectivity index (χ1) is 13.2. The zero-order valence-electron chi connectivity index (χ0n) is 14.6. The Balaban J connectivity index is 1.53. The Labute approximate surface area is 169 Å². The number of thiophene rings is 2. The number of aromatic nitrogens is 2. The molecule has 0 aliphatic heterocycles. The van der Waals surface area contributed by atoms with Crippen molar-refractivity contribution in [1.82, 2.24) is 15.3 Å². The largest absolute Gasteiger partial charge is 0.348 e. The number of thioether (sulfide) groups is 1. The maximum Gasteiger partial charge on any atom is 0.230 e. The Bertz CT molecular complexity index is 1050. The van der Waals surface area contributed by atoms with Crippen LogP contribution < -0.4 is 5.32 Å². The van der Waals surface area contributed by atoms with Crippen molar-refractivity contribution in [2.45, 2.75) is 18.0 Å². The van der Waals surface area contributed by atoms with Crippen molar-refractivity contribution in [3.8, 4) is 10.7 Å². The van der Waals surface area contributed by atoms with Gasteiger partial charge in [0.2, 0.25) is 5.91 Å². The number of rotatable bonds is 6. The molecule has 3 heterocycles. The number of para-hydroxylation sites is 1. The van der Waals surface area contributed by atoms with E-state index in [1.807, 2.05) is 66.2 Å². The number of hydrogen-bond donors (Lipinski definition) is 1. The summed E-state index contributed by atoms with van der Waals surface area (Å²) in [7, 11) is 0. The van der Waals surface area contributed by atoms with Crippen LogP contribution in [0.15, 0.2) is 64.3 Å². The summed E-state index contributed by atoms with van der Waals surface area (Å²) in [5.41, 5.74) is 0.894. The van der Waals surface area contributed by atoms with Gasteiger partial charge in [-0.15, -0.1) is 22.7 Å². The fourth-order valence-electron chi connectivity index (χ4n) is 2.70. The molecule has 1 atom stereocenters. The maximum atomic E-state index is 12.4. The molecule has 27 heavy (non-hydrogen) atoms. The lowest BCUT2D eigenvalue weighted by atomic mass is 10.2. The molecule has 0 saturated carbocycles. The van der Waals surface area contributed by atoms with Crippen LogP contribution in [-0.2, 0) is 4.79 Å². The third-order valence-corrected chi connectivity index (χ3v) is 6.91. The van der Waals surface area contributed by atoms with Crippen LogP contribution >= 0.6 is 34.4 Å². The second-order valence-corrected chi connectivity index (χ2v) is 8.83. The third kappa shape index (κ3) is 4.21. The number of carbonyl (C=O) groups is 1. The molecule has 0 aliphatic carbocycles. The number of nitrogens with one attached hydrogen (secondary N) is 1. The van der Waals surface area contributed by atoms with E-state index in [9.17, 15) is 4.79 Å². The van der Waals surface area contributed by atoms with Gasteiger partial charge in [0.15, 0.2) is 5.82 Å². The molecule has 0 bridgehead atoms. The second-order valence-electron chi connectivity index (χ2n) is 5.94. The monoisotopic (exact) mass is 411 g/mol. The number of fused-ring (bicyclic) bond motifs is 1. The van der Waals surface area contributed by atoms with Gasteiger partial charge in [-0.1, -0.05) is 42.1 Å². The number of nitrogens with zero attached hydrogens (tertiary/aromatic N) is 2. The maximum absolute atomic E-state index is 12.4. The molecule has 1 N–H and O–H groups in total. The van der Waals surface area contributed by atoms with Crippen LogP contribution in [0.2, 0.25) is 0 Å². The molecule has 3 aromatic heterocycles. The number of carbonyl (C=O) groups excluding carboxylic acids is 1. The van der Waals surface area contributed by atoms with Crippen molar-refractivity contribution >= 4 is 51.2 Å². The summed E-state index contributed by atoms with van der Waals surface area (Å²) in [6, 6.07) is 16.0. The summed E-state index contributed by atoms with van der Waals surface area (Å²) in [6.07, 6.45) is 0. The van der Waals surface area contributed by atoms with Crippen molar-refractivity contribution in [1.29, 1.82) is 0 Å². The second kappa shape index (κ2) is 8.21. The lowest BCUT2D eigenvalue weighted by molar-refractivity contribution is -0.119. The standard InChI is InChI=1S/C20H17N3OS3/c1-13(16-8-4-10-25-16)21-18(24)12-27-20-14-6-2-3-7-15(14)22-19(23-20)17-9-5-11-26-17/h2-11,13H,12H2,1H3,(H,21,24)/t13-/m0/s1. The summed E-state index contributed by atoms with van der Waals surface area (Å²) in [5, 5.41) is 8.90. The molecule has 4 rings (SSSR count). The number of hydrogen-bond acceptors (Lipinski definition) is 6. The van der Waals surface area contributed by atoms with Gasteiger partial charge in [0.25, 0.3) is 0 Å². The van der Waals surface area contributed by atoms with E-state index in [0.717, 1.165) is 25.7 Å². The topological polar surface area (TPSA) is 54.9 Å². The molecule has 1 aromatic carbocycles. The van der Waals surface area contributed by atoms with Gasteiger partial charge in [-0.2, -0.15) is 0 Å². The van der Waals surface area contributed by atoms with Crippen molar-refractivity contribution in [3.05, 3.63) is 64.2 Å². The SMILES string of the molecule is C[C@H](NC(=O)CSc1nc(-c2cccs2)nc2ccccc12)c1cccs1. The average Bonchev–Trinajstić information content (AvgIpc) is 3.39. The number of benzene rings is 1. The molecule has 4 nitrogen and oxygen atoms in total. The average molecular weight is 412 g/mol. The van der Waals surface area contributed by atoms with Gasteiger partial charge in [0.1, 0.15) is 5.03 Å². The minimum Gasteiger partial charge on any atom is -0.348 e. The van der Waals surface area contributed by atoms with Crippen molar-refractivity contribution in [3.63, 3.8) is 0 Å². The van der Waals surface area contributed by atoms with Crippen molar-refractivity contribution in [2.24, 2.45) is 0 Å². The summed E-state index contributed by atoms with van der Waals surface area (Å²) < 4.78 is 0. The van der Waals surface area contributed by atoms with E-state index in [1.54, 1.807) is 22.7 Å². The highest BCUT2D eigenvalue weighted by atomic mass is 32.2. The minimum atomic E-state index is 0.00117. The third-order valence-electron chi connectivity index (χ3n) is 4.00. The first-order valence-corrected chi connectivity index (χ1v) is 11.2. The van der Waals surface area contributed by atoms with Gasteiger partial charge >= 0.3 is 0 Å². The summed E-state index contributed by atoms with van der Waals surface area (Å²) in [6.45, 7) is 2.00. The van der Waals surface area contributed by atoms with Crippen LogP contribution in [0, 0.1) is 0 Å². The predicted octanol–water partition coefficient (Wildman–Crippen LogP) is 5.39. The zero-order chi connectivity index (χ0) is 18.6. The highest BCUT2D eigenvalue weighted by Crippen LogP contribution is 2.30. The first kappa shape index (κ1) is 18.2. The fraction of sp³-hybridized carbons (Fsp3) is 0.150. The van der Waals surface area contributed by atoms with E-state index in [-0.39, 0.29) is 11.9 Å². The van der Waals surface area contributed by atoms with Crippen LogP contribution in [-0.4, -0.2) is 21.6 Å². The van der Waals surface area contributed by atoms with E-state index in [0.29, 0.717) is 11.6 Å². The Kier molecular flexibility index (Phi) is 5.52. The van der Waals surface area contributed by atoms with E-state index in [4.69, 9.17) is 4.98 Å². The van der Waals surface area contributed by atoms with Gasteiger partial charge in [-0.25, -0.2) is 9.97 Å². The van der Waals surface area contributed by atoms with Gasteiger partial charge in [-0.3, -0.25) is 4.79 Å². The van der Waals surface area contributed by atoms with Crippen LogP contribution in [0.25, 0.3) is 21.6 Å². The summed E-state index contributed by atoms with van der Waals surface area (Å²) in [5.74, 6) is 1.03. The van der Waals surface area contributed by atoms with Crippen molar-refractivity contribution in [2.75, 3.05) is 5.75 Å². The molecule has 136 valence electrons. The zero-order valence-corrected chi connectivity index (χ0v) is 17.0. The van der Waals surface area contributed by atoms with Gasteiger partial charge in [0, 0.05) is 10.3 Å². The van der Waals surface area contributed by atoms with Gasteiger partial charge in [0.05, 0.1) is 22.2 Å². The fourth-order valence-corrected chi connectivity index (χ4v) is 4.92. The lowest BCUT2D eigenvalue weighted by Crippen LogP contribution is -2.27. The Morgan fingerprint density at radius 3 is 2.67 bits per heavy atom. The Hall–Kier alpha value is -2.22. The van der Waals surface area contributed by atoms with E-state index in [1.165, 1.54) is 11.8 Å². The van der Waals surface area contributed by atoms with Gasteiger partial charge < -0.3 is 5.32 Å². The predicted molar refractivity (Wildman–Crippen MR) is 114 cm³/mol. The molecule has 0 saturated heterocycles. The molecule has 4 aromatic rings. The highest BCUT2D eigenvalue weighted by Gasteiger charge is 2.14. The molecular formula is C20H17N3OS3. The van der Waals surface area contributed by atoms with Crippen molar-refractivity contribution < 1.29 is 4.79 Å². The molecule has 0 radical (unpaired) electrons. The first-order valence-electron chi connectivity index (χ1n) is 8.47. The smallest absolute Gasteiger partial charge is 0.230 e. The Morgan fingerprint density at radius 2 is 1.89 bits per heavy atom. The molecule has 0 aliphatic rings. The van der Waals surface area contributed by atoms with E-state index in [2.05, 4.69) is 10.3 Å². The Morgan fingerprint density at radius 1 is 1.07 bits per heavy atom. The highest BCUT2D eigenvalue weighted by molar-refractivity contribution is 8.00. The van der Waals surface area contributed by atoms with Crippen LogP contribution in [0.3, 0.4) is 0 Å². The van der Waals surface area contributed by atoms with Crippen LogP contribution in [0.1, 0.15) is 17.8 Å². The molecule has 0 spiro atoms. The van der Waals surface area contributed by atoms with E-state index >= 15 is 0 Å². The molecule has 0 unspecified atom stereocenters. The molecule has 0 fully saturated rings. The molecule has 1 amide bonds.